The van der Waals surface area contributed by atoms with Gasteiger partial charge in [0.05, 0.1) is 12.3 Å². The summed E-state index contributed by atoms with van der Waals surface area (Å²) in [5.74, 6) is 0.639. The number of nitrogen functional groups attached to an aromatic ring is 1. The molecule has 7 nitrogen and oxygen atoms in total. The number of rotatable bonds is 8. The highest BCUT2D eigenvalue weighted by Gasteiger charge is 2.06. The van der Waals surface area contributed by atoms with Crippen molar-refractivity contribution in [2.75, 3.05) is 24.7 Å². The molecule has 0 saturated heterocycles. The Bertz CT molecular complexity index is 479. The lowest BCUT2D eigenvalue weighted by Gasteiger charge is -2.06. The maximum Gasteiger partial charge on any atom is 0.302 e. The fourth-order valence-corrected chi connectivity index (χ4v) is 1.75. The zero-order valence-electron chi connectivity index (χ0n) is 12.8. The molecule has 0 bridgehead atoms. The van der Waals surface area contributed by atoms with Crippen LogP contribution in [0.2, 0.25) is 0 Å². The number of nitrogens with zero attached hydrogens (tertiary/aromatic N) is 3. The highest BCUT2D eigenvalue weighted by Crippen LogP contribution is 2.24. The number of anilines is 2. The average molecular weight is 293 g/mol. The van der Waals surface area contributed by atoms with Gasteiger partial charge in [-0.25, -0.2) is 4.98 Å². The third-order valence-electron chi connectivity index (χ3n) is 2.81. The lowest BCUT2D eigenvalue weighted by Crippen LogP contribution is -2.02. The first-order valence-corrected chi connectivity index (χ1v) is 7.02. The number of ether oxygens (including phenoxy) is 1. The largest absolute Gasteiger partial charge is 0.466 e. The standard InChI is InChI=1S/C14H23N5O2/c1-10-12(13(15)19-14(16-3)18-10)17-8-6-4-5-7-9-21-11(2)20/h8H,4-7,9H2,1-3H3,(H3,15,16,18,19)/b17-8-. The molecule has 0 atom stereocenters. The van der Waals surface area contributed by atoms with E-state index < -0.39 is 0 Å². The van der Waals surface area contributed by atoms with Crippen molar-refractivity contribution in [3.8, 4) is 0 Å². The number of carbonyl (C=O) groups excluding carboxylic acids is 1. The number of aliphatic imine (C=N–C) groups is 1. The molecule has 0 radical (unpaired) electrons. The minimum absolute atomic E-state index is 0.229. The second kappa shape index (κ2) is 8.89. The maximum atomic E-state index is 10.6. The lowest BCUT2D eigenvalue weighted by molar-refractivity contribution is -0.141. The molecule has 0 aliphatic carbocycles. The number of nitrogens with two attached hydrogens (primary N) is 1. The van der Waals surface area contributed by atoms with Crippen molar-refractivity contribution >= 4 is 29.6 Å². The fourth-order valence-electron chi connectivity index (χ4n) is 1.75. The van der Waals surface area contributed by atoms with E-state index in [1.54, 1.807) is 7.05 Å². The molecule has 0 unspecified atom stereocenters. The number of nitrogens with one attached hydrogen (secondary N) is 1. The molecule has 0 spiro atoms. The molecular formula is C14H23N5O2. The van der Waals surface area contributed by atoms with E-state index in [1.807, 2.05) is 13.1 Å². The van der Waals surface area contributed by atoms with Gasteiger partial charge in [0.25, 0.3) is 0 Å². The Balaban J connectivity index is 2.35. The molecule has 0 fully saturated rings. The predicted octanol–water partition coefficient (Wildman–Crippen LogP) is 2.23. The molecule has 1 aromatic heterocycles. The summed E-state index contributed by atoms with van der Waals surface area (Å²) in [4.78, 5) is 23.3. The Kier molecular flexibility index (Phi) is 7.14. The summed E-state index contributed by atoms with van der Waals surface area (Å²) in [6.07, 6.45) is 5.51. The van der Waals surface area contributed by atoms with E-state index in [1.165, 1.54) is 6.92 Å². The van der Waals surface area contributed by atoms with Crippen molar-refractivity contribution in [1.29, 1.82) is 0 Å². The van der Waals surface area contributed by atoms with Crippen LogP contribution in [0.25, 0.3) is 0 Å². The molecule has 7 heteroatoms. The van der Waals surface area contributed by atoms with Crippen LogP contribution in [0.5, 0.6) is 0 Å². The Morgan fingerprint density at radius 1 is 1.38 bits per heavy atom. The van der Waals surface area contributed by atoms with Crippen LogP contribution < -0.4 is 11.1 Å². The first-order chi connectivity index (χ1) is 10.0. The Labute approximate surface area is 125 Å². The highest BCUT2D eigenvalue weighted by molar-refractivity contribution is 5.71. The highest BCUT2D eigenvalue weighted by atomic mass is 16.5. The van der Waals surface area contributed by atoms with Gasteiger partial charge in [-0.05, 0) is 32.6 Å². The lowest BCUT2D eigenvalue weighted by atomic mass is 10.2. The van der Waals surface area contributed by atoms with Gasteiger partial charge in [0, 0.05) is 20.2 Å². The van der Waals surface area contributed by atoms with Crippen LogP contribution in [0.1, 0.15) is 38.3 Å². The van der Waals surface area contributed by atoms with Crippen molar-refractivity contribution in [2.45, 2.75) is 39.5 Å². The van der Waals surface area contributed by atoms with Gasteiger partial charge in [0.2, 0.25) is 5.95 Å². The Morgan fingerprint density at radius 3 is 2.76 bits per heavy atom. The zero-order valence-corrected chi connectivity index (χ0v) is 12.8. The van der Waals surface area contributed by atoms with E-state index in [0.717, 1.165) is 31.4 Å². The van der Waals surface area contributed by atoms with Crippen molar-refractivity contribution in [3.63, 3.8) is 0 Å². The molecule has 1 rings (SSSR count). The van der Waals surface area contributed by atoms with Crippen LogP contribution in [0.4, 0.5) is 17.5 Å². The number of aryl methyl sites for hydroxylation is 1. The smallest absolute Gasteiger partial charge is 0.302 e. The molecule has 0 amide bonds. The van der Waals surface area contributed by atoms with Gasteiger partial charge in [-0.3, -0.25) is 9.79 Å². The summed E-state index contributed by atoms with van der Waals surface area (Å²) in [6, 6.07) is 0. The number of hydrogen-bond donors (Lipinski definition) is 2. The van der Waals surface area contributed by atoms with Gasteiger partial charge in [-0.2, -0.15) is 4.98 Å². The van der Waals surface area contributed by atoms with Crippen molar-refractivity contribution in [3.05, 3.63) is 5.69 Å². The molecular weight excluding hydrogens is 270 g/mol. The second-order valence-electron chi connectivity index (χ2n) is 4.62. The normalized spacial score (nSPS) is 10.8. The number of aromatic nitrogens is 2. The van der Waals surface area contributed by atoms with E-state index in [4.69, 9.17) is 10.5 Å². The summed E-state index contributed by atoms with van der Waals surface area (Å²) in [6.45, 7) is 3.75. The van der Waals surface area contributed by atoms with Crippen molar-refractivity contribution in [2.24, 2.45) is 4.99 Å². The Morgan fingerprint density at radius 2 is 2.14 bits per heavy atom. The summed E-state index contributed by atoms with van der Waals surface area (Å²) >= 11 is 0. The third-order valence-corrected chi connectivity index (χ3v) is 2.81. The second-order valence-corrected chi connectivity index (χ2v) is 4.62. The molecule has 21 heavy (non-hydrogen) atoms. The van der Waals surface area contributed by atoms with Crippen LogP contribution in [-0.4, -0.2) is 35.8 Å². The van der Waals surface area contributed by atoms with Gasteiger partial charge in [0.15, 0.2) is 5.82 Å². The number of hydrogen-bond acceptors (Lipinski definition) is 7. The van der Waals surface area contributed by atoms with Crippen molar-refractivity contribution < 1.29 is 9.53 Å². The topological polar surface area (TPSA) is 102 Å². The number of carbonyl (C=O) groups is 1. The first-order valence-electron chi connectivity index (χ1n) is 7.02. The average Bonchev–Trinajstić information content (AvgIpc) is 2.43. The van der Waals surface area contributed by atoms with Gasteiger partial charge < -0.3 is 15.8 Å². The van der Waals surface area contributed by atoms with E-state index >= 15 is 0 Å². The summed E-state index contributed by atoms with van der Waals surface area (Å²) in [7, 11) is 1.74. The van der Waals surface area contributed by atoms with Crippen LogP contribution in [0.3, 0.4) is 0 Å². The van der Waals surface area contributed by atoms with Gasteiger partial charge in [-0.15, -0.1) is 0 Å². The van der Waals surface area contributed by atoms with Crippen molar-refractivity contribution in [1.82, 2.24) is 9.97 Å². The molecule has 3 N–H and O–H groups in total. The molecule has 0 saturated carbocycles. The van der Waals surface area contributed by atoms with Gasteiger partial charge in [-0.1, -0.05) is 0 Å². The quantitative estimate of drug-likeness (QED) is 0.433. The third kappa shape index (κ3) is 6.20. The van der Waals surface area contributed by atoms with E-state index in [-0.39, 0.29) is 5.97 Å². The van der Waals surface area contributed by atoms with Crippen LogP contribution >= 0.6 is 0 Å². The van der Waals surface area contributed by atoms with E-state index in [0.29, 0.717) is 24.1 Å². The minimum atomic E-state index is -0.229. The fraction of sp³-hybridized carbons (Fsp3) is 0.571. The predicted molar refractivity (Wildman–Crippen MR) is 84.0 cm³/mol. The monoisotopic (exact) mass is 293 g/mol. The summed E-state index contributed by atoms with van der Waals surface area (Å²) < 4.78 is 4.86. The molecule has 1 aromatic rings. The van der Waals surface area contributed by atoms with Gasteiger partial charge >= 0.3 is 5.97 Å². The molecule has 0 aliphatic heterocycles. The van der Waals surface area contributed by atoms with Gasteiger partial charge in [0.1, 0.15) is 5.69 Å². The molecule has 116 valence electrons. The Hall–Kier alpha value is -2.18. The van der Waals surface area contributed by atoms with E-state index in [9.17, 15) is 4.79 Å². The molecule has 0 aliphatic rings. The maximum absolute atomic E-state index is 10.6. The first kappa shape index (κ1) is 16.9. The van der Waals surface area contributed by atoms with Crippen LogP contribution in [0.15, 0.2) is 4.99 Å². The number of esters is 1. The van der Waals surface area contributed by atoms with Crippen LogP contribution in [0, 0.1) is 6.92 Å². The zero-order chi connectivity index (χ0) is 15.7. The summed E-state index contributed by atoms with van der Waals surface area (Å²) in [5, 5.41) is 2.85. The number of unbranched alkanes of at least 4 members (excludes halogenated alkanes) is 3. The minimum Gasteiger partial charge on any atom is -0.466 e. The molecule has 0 aromatic carbocycles. The summed E-state index contributed by atoms with van der Waals surface area (Å²) in [5.41, 5.74) is 7.22. The molecule has 1 heterocycles. The SMILES string of the molecule is CNc1nc(C)c(/N=C\CCCCCOC(C)=O)c(N)n1. The van der Waals surface area contributed by atoms with E-state index in [2.05, 4.69) is 20.3 Å². The van der Waals surface area contributed by atoms with Crippen LogP contribution in [-0.2, 0) is 9.53 Å².